The number of hydrogen-bond acceptors (Lipinski definition) is 3. The van der Waals surface area contributed by atoms with E-state index in [0.717, 1.165) is 26.2 Å². The van der Waals surface area contributed by atoms with E-state index in [-0.39, 0.29) is 5.91 Å². The number of benzene rings is 4. The molecule has 1 amide bonds. The number of rotatable bonds is 6. The smallest absolute Gasteiger partial charge is 0.281 e. The van der Waals surface area contributed by atoms with Crippen LogP contribution in [0.3, 0.4) is 0 Å². The van der Waals surface area contributed by atoms with Gasteiger partial charge in [0.1, 0.15) is 5.75 Å². The molecule has 1 N–H and O–H groups in total. The number of nitrogens with zero attached hydrogens (tertiary/aromatic N) is 1. The number of fused-ring (bicyclic) bond motifs is 2. The lowest BCUT2D eigenvalue weighted by molar-refractivity contribution is -0.128. The Morgan fingerprint density at radius 3 is 2.50 bits per heavy atom. The molecule has 0 bridgehead atoms. The second-order valence-corrected chi connectivity index (χ2v) is 7.75. The molecule has 0 aliphatic carbocycles. The molecule has 0 spiro atoms. The van der Waals surface area contributed by atoms with Gasteiger partial charge in [0.05, 0.1) is 10.7 Å². The quantitative estimate of drug-likeness (QED) is 0.280. The van der Waals surface area contributed by atoms with E-state index < -0.39 is 6.10 Å². The Balaban J connectivity index is 1.45. The van der Waals surface area contributed by atoms with Crippen molar-refractivity contribution in [1.29, 1.82) is 0 Å². The van der Waals surface area contributed by atoms with Crippen LogP contribution in [0, 0.1) is 0 Å². The minimum Gasteiger partial charge on any atom is -0.479 e. The molecule has 30 heavy (non-hydrogen) atoms. The number of carbonyl (C=O) groups excluding carboxylic acids is 1. The summed E-state index contributed by atoms with van der Waals surface area (Å²) < 4.78 is 6.83. The lowest BCUT2D eigenvalue weighted by Crippen LogP contribution is -2.35. The fraction of sp³-hybridized carbons (Fsp3) is 0.120. The normalized spacial score (nSPS) is 12.3. The monoisotopic (exact) mass is 460 g/mol. The molecular weight excluding hydrogens is 440 g/mol. The number of amides is 1. The van der Waals surface area contributed by atoms with Gasteiger partial charge in [-0.25, -0.2) is 5.43 Å². The van der Waals surface area contributed by atoms with E-state index in [0.29, 0.717) is 12.2 Å². The molecule has 4 rings (SSSR count). The number of hydrazone groups is 1. The second-order valence-electron chi connectivity index (χ2n) is 6.95. The highest BCUT2D eigenvalue weighted by atomic mass is 79.9. The molecule has 4 aromatic rings. The van der Waals surface area contributed by atoms with Crippen LogP contribution in [0.15, 0.2) is 88.4 Å². The summed E-state index contributed by atoms with van der Waals surface area (Å²) >= 11 is 3.61. The van der Waals surface area contributed by atoms with E-state index in [9.17, 15) is 4.79 Å². The second kappa shape index (κ2) is 9.09. The molecule has 0 aliphatic rings. The third kappa shape index (κ3) is 4.36. The maximum absolute atomic E-state index is 12.6. The molecule has 0 fully saturated rings. The van der Waals surface area contributed by atoms with Gasteiger partial charge < -0.3 is 4.74 Å². The van der Waals surface area contributed by atoms with Crippen molar-refractivity contribution in [3.05, 3.63) is 88.9 Å². The molecule has 0 radical (unpaired) electrons. The third-order valence-corrected chi connectivity index (χ3v) is 5.74. The standard InChI is InChI=1S/C25H21BrN2O2/c1-2-22(30-23-14-13-19-8-5-6-10-21(19)24(23)26)25(29)28-27-16-17-11-12-18-7-3-4-9-20(18)15-17/h3-16,22H,2H2,1H3,(H,28,29)/b27-16-/t22-/m1/s1. The largest absolute Gasteiger partial charge is 0.479 e. The maximum atomic E-state index is 12.6. The van der Waals surface area contributed by atoms with Gasteiger partial charge in [0.15, 0.2) is 6.10 Å². The molecular formula is C25H21BrN2O2. The molecule has 0 aromatic heterocycles. The molecule has 0 unspecified atom stereocenters. The van der Waals surface area contributed by atoms with Crippen LogP contribution in [0.5, 0.6) is 5.75 Å². The number of nitrogens with one attached hydrogen (secondary N) is 1. The van der Waals surface area contributed by atoms with Crippen molar-refractivity contribution in [1.82, 2.24) is 5.43 Å². The van der Waals surface area contributed by atoms with Crippen LogP contribution in [-0.4, -0.2) is 18.2 Å². The highest BCUT2D eigenvalue weighted by molar-refractivity contribution is 9.10. The summed E-state index contributed by atoms with van der Waals surface area (Å²) in [5, 5.41) is 8.56. The summed E-state index contributed by atoms with van der Waals surface area (Å²) in [4.78, 5) is 12.6. The van der Waals surface area contributed by atoms with Gasteiger partial charge in [-0.2, -0.15) is 5.10 Å². The average molecular weight is 461 g/mol. The van der Waals surface area contributed by atoms with E-state index in [1.54, 1.807) is 6.21 Å². The molecule has 0 saturated carbocycles. The van der Waals surface area contributed by atoms with Crippen molar-refractivity contribution in [3.63, 3.8) is 0 Å². The van der Waals surface area contributed by atoms with E-state index in [2.05, 4.69) is 32.5 Å². The Labute approximate surface area is 183 Å². The number of halogens is 1. The van der Waals surface area contributed by atoms with Crippen molar-refractivity contribution in [2.75, 3.05) is 0 Å². The van der Waals surface area contributed by atoms with Gasteiger partial charge in [0.25, 0.3) is 5.91 Å². The van der Waals surface area contributed by atoms with Crippen LogP contribution in [0.2, 0.25) is 0 Å². The summed E-state index contributed by atoms with van der Waals surface area (Å²) in [7, 11) is 0. The highest BCUT2D eigenvalue weighted by Crippen LogP contribution is 2.33. The predicted molar refractivity (Wildman–Crippen MR) is 126 cm³/mol. The van der Waals surface area contributed by atoms with Gasteiger partial charge in [-0.05, 0) is 61.6 Å². The summed E-state index contributed by atoms with van der Waals surface area (Å²) in [6.07, 6.45) is 1.52. The van der Waals surface area contributed by atoms with E-state index in [4.69, 9.17) is 4.74 Å². The average Bonchev–Trinajstić information content (AvgIpc) is 2.78. The summed E-state index contributed by atoms with van der Waals surface area (Å²) in [6, 6.07) is 26.0. The zero-order valence-corrected chi connectivity index (χ0v) is 18.1. The first-order valence-electron chi connectivity index (χ1n) is 9.81. The van der Waals surface area contributed by atoms with Crippen LogP contribution >= 0.6 is 15.9 Å². The summed E-state index contributed by atoms with van der Waals surface area (Å²) in [5.74, 6) is 0.351. The van der Waals surface area contributed by atoms with Crippen molar-refractivity contribution < 1.29 is 9.53 Å². The minimum absolute atomic E-state index is 0.283. The third-order valence-electron chi connectivity index (χ3n) is 4.92. The summed E-state index contributed by atoms with van der Waals surface area (Å²) in [5.41, 5.74) is 3.51. The van der Waals surface area contributed by atoms with Crippen molar-refractivity contribution in [2.45, 2.75) is 19.4 Å². The van der Waals surface area contributed by atoms with Crippen molar-refractivity contribution >= 4 is 49.6 Å². The molecule has 4 aromatic carbocycles. The van der Waals surface area contributed by atoms with Crippen LogP contribution < -0.4 is 10.2 Å². The molecule has 0 saturated heterocycles. The fourth-order valence-electron chi connectivity index (χ4n) is 3.31. The van der Waals surface area contributed by atoms with Gasteiger partial charge in [0, 0.05) is 0 Å². The summed E-state index contributed by atoms with van der Waals surface area (Å²) in [6.45, 7) is 1.91. The number of hydrogen-bond donors (Lipinski definition) is 1. The molecule has 0 aliphatic heterocycles. The molecule has 4 nitrogen and oxygen atoms in total. The SMILES string of the molecule is CC[C@@H](Oc1ccc2ccccc2c1Br)C(=O)N/N=C\c1ccc2ccccc2c1. The highest BCUT2D eigenvalue weighted by Gasteiger charge is 2.19. The molecule has 1 atom stereocenters. The number of ether oxygens (including phenoxy) is 1. The van der Waals surface area contributed by atoms with E-state index in [1.165, 1.54) is 5.39 Å². The van der Waals surface area contributed by atoms with E-state index >= 15 is 0 Å². The molecule has 0 heterocycles. The van der Waals surface area contributed by atoms with Gasteiger partial charge in [-0.1, -0.05) is 73.7 Å². The van der Waals surface area contributed by atoms with Gasteiger partial charge >= 0.3 is 0 Å². The molecule has 5 heteroatoms. The maximum Gasteiger partial charge on any atom is 0.281 e. The van der Waals surface area contributed by atoms with Crippen molar-refractivity contribution in [3.8, 4) is 5.75 Å². The Hall–Kier alpha value is -3.18. The van der Waals surface area contributed by atoms with Gasteiger partial charge in [0.2, 0.25) is 0 Å². The van der Waals surface area contributed by atoms with Gasteiger partial charge in [-0.3, -0.25) is 4.79 Å². The van der Waals surface area contributed by atoms with Crippen LogP contribution in [0.25, 0.3) is 21.5 Å². The topological polar surface area (TPSA) is 50.7 Å². The Morgan fingerprint density at radius 1 is 1.00 bits per heavy atom. The fourth-order valence-corrected chi connectivity index (χ4v) is 3.90. The first-order valence-corrected chi connectivity index (χ1v) is 10.6. The first-order chi connectivity index (χ1) is 14.7. The molecule has 150 valence electrons. The van der Waals surface area contributed by atoms with Crippen LogP contribution in [-0.2, 0) is 4.79 Å². The first kappa shape index (κ1) is 20.1. The zero-order valence-electron chi connectivity index (χ0n) is 16.5. The Morgan fingerprint density at radius 2 is 1.70 bits per heavy atom. The lowest BCUT2D eigenvalue weighted by atomic mass is 10.1. The van der Waals surface area contributed by atoms with Crippen LogP contribution in [0.1, 0.15) is 18.9 Å². The lowest BCUT2D eigenvalue weighted by Gasteiger charge is -2.17. The van der Waals surface area contributed by atoms with E-state index in [1.807, 2.05) is 79.7 Å². The Kier molecular flexibility index (Phi) is 6.10. The zero-order chi connectivity index (χ0) is 20.9. The number of carbonyl (C=O) groups is 1. The Bertz CT molecular complexity index is 1240. The van der Waals surface area contributed by atoms with Crippen LogP contribution in [0.4, 0.5) is 0 Å². The minimum atomic E-state index is -0.642. The predicted octanol–water partition coefficient (Wildman–Crippen LogP) is 6.06. The van der Waals surface area contributed by atoms with Gasteiger partial charge in [-0.15, -0.1) is 0 Å². The van der Waals surface area contributed by atoms with Crippen molar-refractivity contribution in [2.24, 2.45) is 5.10 Å².